The van der Waals surface area contributed by atoms with Crippen LogP contribution in [0.5, 0.6) is 0 Å². The first kappa shape index (κ1) is 9.51. The Balaban J connectivity index is 2.56. The molecule has 0 bridgehead atoms. The lowest BCUT2D eigenvalue weighted by Crippen LogP contribution is -2.02. The summed E-state index contributed by atoms with van der Waals surface area (Å²) in [7, 11) is 0. The number of aromatic nitrogens is 3. The molecule has 0 radical (unpaired) electrons. The average Bonchev–Trinajstić information content (AvgIpc) is 2.26. The Morgan fingerprint density at radius 2 is 2.13 bits per heavy atom. The van der Waals surface area contributed by atoms with Gasteiger partial charge in [0.25, 0.3) is 0 Å². The summed E-state index contributed by atoms with van der Waals surface area (Å²) in [5, 5.41) is 0. The molecule has 0 saturated carbocycles. The highest BCUT2D eigenvalue weighted by molar-refractivity contribution is 5.55. The van der Waals surface area contributed by atoms with E-state index in [9.17, 15) is 4.39 Å². The SMILES string of the molecule is Cc1nc(-c2cccnc2)nc(N)c1F. The van der Waals surface area contributed by atoms with Gasteiger partial charge in [-0.25, -0.2) is 14.4 Å². The molecule has 2 N–H and O–H groups in total. The molecule has 2 rings (SSSR count). The van der Waals surface area contributed by atoms with E-state index in [-0.39, 0.29) is 11.5 Å². The van der Waals surface area contributed by atoms with Gasteiger partial charge in [-0.2, -0.15) is 0 Å². The Kier molecular flexibility index (Phi) is 2.29. The van der Waals surface area contributed by atoms with Crippen LogP contribution in [0, 0.1) is 12.7 Å². The maximum Gasteiger partial charge on any atom is 0.186 e. The van der Waals surface area contributed by atoms with E-state index in [1.807, 2.05) is 0 Å². The second-order valence-electron chi connectivity index (χ2n) is 3.07. The summed E-state index contributed by atoms with van der Waals surface area (Å²) >= 11 is 0. The molecule has 2 aromatic rings. The molecule has 0 amide bonds. The van der Waals surface area contributed by atoms with Crippen molar-refractivity contribution in [2.45, 2.75) is 6.92 Å². The second kappa shape index (κ2) is 3.61. The van der Waals surface area contributed by atoms with E-state index in [0.717, 1.165) is 0 Å². The van der Waals surface area contributed by atoms with E-state index >= 15 is 0 Å². The number of halogens is 1. The van der Waals surface area contributed by atoms with Crippen LogP contribution < -0.4 is 5.73 Å². The van der Waals surface area contributed by atoms with Crippen molar-refractivity contribution in [3.8, 4) is 11.4 Å². The van der Waals surface area contributed by atoms with Crippen LogP contribution >= 0.6 is 0 Å². The molecule has 0 atom stereocenters. The Morgan fingerprint density at radius 3 is 2.73 bits per heavy atom. The van der Waals surface area contributed by atoms with Crippen LogP contribution in [0.2, 0.25) is 0 Å². The molecule has 4 nitrogen and oxygen atoms in total. The van der Waals surface area contributed by atoms with Crippen molar-refractivity contribution < 1.29 is 4.39 Å². The van der Waals surface area contributed by atoms with Crippen molar-refractivity contribution in [1.29, 1.82) is 0 Å². The lowest BCUT2D eigenvalue weighted by Gasteiger charge is -2.03. The van der Waals surface area contributed by atoms with Crippen LogP contribution in [0.3, 0.4) is 0 Å². The molecule has 0 unspecified atom stereocenters. The topological polar surface area (TPSA) is 64.7 Å². The Hall–Kier alpha value is -2.04. The molecule has 15 heavy (non-hydrogen) atoms. The van der Waals surface area contributed by atoms with Crippen molar-refractivity contribution in [2.24, 2.45) is 0 Å². The summed E-state index contributed by atoms with van der Waals surface area (Å²) < 4.78 is 13.2. The monoisotopic (exact) mass is 204 g/mol. The molecular formula is C10H9FN4. The van der Waals surface area contributed by atoms with Crippen LogP contribution in [-0.4, -0.2) is 15.0 Å². The number of nitrogen functional groups attached to an aromatic ring is 1. The maximum absolute atomic E-state index is 13.2. The summed E-state index contributed by atoms with van der Waals surface area (Å²) in [4.78, 5) is 11.8. The molecule has 0 aliphatic heterocycles. The summed E-state index contributed by atoms with van der Waals surface area (Å²) in [6.45, 7) is 1.55. The van der Waals surface area contributed by atoms with Crippen molar-refractivity contribution in [1.82, 2.24) is 15.0 Å². The summed E-state index contributed by atoms with van der Waals surface area (Å²) in [6.07, 6.45) is 3.25. The van der Waals surface area contributed by atoms with E-state index in [2.05, 4.69) is 15.0 Å². The molecule has 2 heterocycles. The summed E-state index contributed by atoms with van der Waals surface area (Å²) in [6, 6.07) is 3.55. The third-order valence-corrected chi connectivity index (χ3v) is 1.96. The Labute approximate surface area is 86.0 Å². The van der Waals surface area contributed by atoms with Crippen molar-refractivity contribution in [3.05, 3.63) is 36.0 Å². The van der Waals surface area contributed by atoms with Gasteiger partial charge in [0.1, 0.15) is 0 Å². The van der Waals surface area contributed by atoms with Gasteiger partial charge in [-0.1, -0.05) is 0 Å². The molecule has 76 valence electrons. The highest BCUT2D eigenvalue weighted by Gasteiger charge is 2.09. The summed E-state index contributed by atoms with van der Waals surface area (Å²) in [5.41, 5.74) is 6.36. The quantitative estimate of drug-likeness (QED) is 0.765. The normalized spacial score (nSPS) is 10.3. The Morgan fingerprint density at radius 1 is 1.33 bits per heavy atom. The van der Waals surface area contributed by atoms with Crippen LogP contribution in [0.15, 0.2) is 24.5 Å². The van der Waals surface area contributed by atoms with Gasteiger partial charge in [-0.05, 0) is 19.1 Å². The lowest BCUT2D eigenvalue weighted by molar-refractivity contribution is 0.608. The first-order valence-electron chi connectivity index (χ1n) is 4.38. The first-order chi connectivity index (χ1) is 7.18. The number of aryl methyl sites for hydroxylation is 1. The predicted molar refractivity (Wildman–Crippen MR) is 54.4 cm³/mol. The van der Waals surface area contributed by atoms with Gasteiger partial charge in [0.05, 0.1) is 5.69 Å². The third-order valence-electron chi connectivity index (χ3n) is 1.96. The third kappa shape index (κ3) is 1.76. The van der Waals surface area contributed by atoms with E-state index in [4.69, 9.17) is 5.73 Å². The minimum absolute atomic E-state index is 0.138. The average molecular weight is 204 g/mol. The fourth-order valence-electron chi connectivity index (χ4n) is 1.21. The molecule has 0 aliphatic carbocycles. The second-order valence-corrected chi connectivity index (χ2v) is 3.07. The predicted octanol–water partition coefficient (Wildman–Crippen LogP) is 1.57. The zero-order valence-corrected chi connectivity index (χ0v) is 8.11. The minimum Gasteiger partial charge on any atom is -0.381 e. The lowest BCUT2D eigenvalue weighted by atomic mass is 10.2. The first-order valence-corrected chi connectivity index (χ1v) is 4.38. The van der Waals surface area contributed by atoms with Gasteiger partial charge in [-0.3, -0.25) is 4.98 Å². The number of rotatable bonds is 1. The standard InChI is InChI=1S/C10H9FN4/c1-6-8(11)9(12)15-10(14-6)7-3-2-4-13-5-7/h2-5H,1H3,(H2,12,14,15). The van der Waals surface area contributed by atoms with Gasteiger partial charge in [0, 0.05) is 18.0 Å². The molecule has 0 aromatic carbocycles. The van der Waals surface area contributed by atoms with Gasteiger partial charge < -0.3 is 5.73 Å². The van der Waals surface area contributed by atoms with Gasteiger partial charge in [0.2, 0.25) is 0 Å². The van der Waals surface area contributed by atoms with Crippen LogP contribution in [-0.2, 0) is 0 Å². The fraction of sp³-hybridized carbons (Fsp3) is 0.100. The molecule has 2 aromatic heterocycles. The fourth-order valence-corrected chi connectivity index (χ4v) is 1.21. The highest BCUT2D eigenvalue weighted by Crippen LogP contribution is 2.17. The number of hydrogen-bond donors (Lipinski definition) is 1. The highest BCUT2D eigenvalue weighted by atomic mass is 19.1. The number of nitrogens with two attached hydrogens (primary N) is 1. The number of hydrogen-bond acceptors (Lipinski definition) is 4. The Bertz CT molecular complexity index is 461. The number of nitrogens with zero attached hydrogens (tertiary/aromatic N) is 3. The van der Waals surface area contributed by atoms with Gasteiger partial charge in [-0.15, -0.1) is 0 Å². The van der Waals surface area contributed by atoms with Crippen LogP contribution in [0.25, 0.3) is 11.4 Å². The largest absolute Gasteiger partial charge is 0.381 e. The van der Waals surface area contributed by atoms with E-state index in [1.165, 1.54) is 0 Å². The summed E-state index contributed by atoms with van der Waals surface area (Å²) in [5.74, 6) is -0.316. The van der Waals surface area contributed by atoms with Crippen molar-refractivity contribution >= 4 is 5.82 Å². The number of pyridine rings is 1. The molecule has 0 spiro atoms. The van der Waals surface area contributed by atoms with E-state index in [0.29, 0.717) is 11.4 Å². The zero-order chi connectivity index (χ0) is 10.8. The molecule has 0 saturated heterocycles. The van der Waals surface area contributed by atoms with E-state index in [1.54, 1.807) is 31.5 Å². The van der Waals surface area contributed by atoms with Crippen molar-refractivity contribution in [2.75, 3.05) is 5.73 Å². The molecule has 0 fully saturated rings. The minimum atomic E-state index is -0.567. The van der Waals surface area contributed by atoms with Gasteiger partial charge >= 0.3 is 0 Å². The van der Waals surface area contributed by atoms with Crippen molar-refractivity contribution in [3.63, 3.8) is 0 Å². The van der Waals surface area contributed by atoms with Crippen LogP contribution in [0.1, 0.15) is 5.69 Å². The zero-order valence-electron chi connectivity index (χ0n) is 8.11. The van der Waals surface area contributed by atoms with E-state index < -0.39 is 5.82 Å². The molecular weight excluding hydrogens is 195 g/mol. The molecule has 5 heteroatoms. The smallest absolute Gasteiger partial charge is 0.186 e. The van der Waals surface area contributed by atoms with Crippen LogP contribution in [0.4, 0.5) is 10.2 Å². The van der Waals surface area contributed by atoms with Gasteiger partial charge in [0.15, 0.2) is 17.5 Å². The number of anilines is 1. The maximum atomic E-state index is 13.2. The molecule has 0 aliphatic rings.